The summed E-state index contributed by atoms with van der Waals surface area (Å²) in [4.78, 5) is 8.98. The van der Waals surface area contributed by atoms with E-state index in [0.29, 0.717) is 12.5 Å². The number of nitrogens with one attached hydrogen (secondary N) is 2. The number of unbranched alkanes of at least 4 members (excludes halogenated alkanes) is 1. The molecule has 0 unspecified atom stereocenters. The van der Waals surface area contributed by atoms with Gasteiger partial charge in [0.05, 0.1) is 16.8 Å². The molecule has 0 spiro atoms. The topological polar surface area (TPSA) is 67.1 Å². The van der Waals surface area contributed by atoms with E-state index < -0.39 is 0 Å². The van der Waals surface area contributed by atoms with Crippen LogP contribution in [0.4, 0.5) is 16.2 Å². The molecule has 0 saturated carbocycles. The minimum Gasteiger partial charge on any atom is -0.370 e. The predicted octanol–water partition coefficient (Wildman–Crippen LogP) is 5.41. The highest BCUT2D eigenvalue weighted by atomic mass is 19.1. The van der Waals surface area contributed by atoms with Crippen LogP contribution in [0.2, 0.25) is 0 Å². The molecular weight excluding hydrogens is 391 g/mol. The Labute approximate surface area is 180 Å². The van der Waals surface area contributed by atoms with Crippen LogP contribution in [0.25, 0.3) is 28.0 Å². The Balaban J connectivity index is 1.89. The summed E-state index contributed by atoms with van der Waals surface area (Å²) in [7, 11) is 0. The number of fused-ring (bicyclic) bond motifs is 1. The van der Waals surface area contributed by atoms with Gasteiger partial charge in [-0.3, -0.25) is 0 Å². The molecule has 0 atom stereocenters. The van der Waals surface area contributed by atoms with Crippen molar-refractivity contribution in [1.29, 1.82) is 0 Å². The maximum Gasteiger partial charge on any atom is 0.223 e. The maximum atomic E-state index is 13.6. The molecule has 0 fully saturated rings. The van der Waals surface area contributed by atoms with Crippen molar-refractivity contribution in [2.75, 3.05) is 23.7 Å². The Morgan fingerprint density at radius 3 is 2.71 bits per heavy atom. The minimum absolute atomic E-state index is 0.283. The number of pyridine rings is 1. The van der Waals surface area contributed by atoms with Crippen LogP contribution in [-0.2, 0) is 0 Å². The molecule has 3 aromatic heterocycles. The van der Waals surface area contributed by atoms with Crippen LogP contribution < -0.4 is 10.6 Å². The molecule has 7 heteroatoms. The molecule has 4 aromatic rings. The molecule has 0 aliphatic heterocycles. The van der Waals surface area contributed by atoms with Gasteiger partial charge >= 0.3 is 0 Å². The standard InChI is InChI=1S/C24H25FN6/c1-3-5-15-26-21-8-6-7-20-22(19-13-16-28-24(29-19)27-14-4-2)23(30-31(20)21)17-9-11-18(25)12-10-17/h4,6-13,16,26H,2-3,5,14-15H2,1H3,(H,27,28,29). The van der Waals surface area contributed by atoms with Gasteiger partial charge < -0.3 is 10.6 Å². The summed E-state index contributed by atoms with van der Waals surface area (Å²) in [6, 6.07) is 14.2. The van der Waals surface area contributed by atoms with Crippen molar-refractivity contribution in [3.63, 3.8) is 0 Å². The normalized spacial score (nSPS) is 10.9. The third kappa shape index (κ3) is 4.40. The number of hydrogen-bond acceptors (Lipinski definition) is 5. The van der Waals surface area contributed by atoms with E-state index in [0.717, 1.165) is 53.2 Å². The first-order chi connectivity index (χ1) is 15.2. The van der Waals surface area contributed by atoms with Crippen LogP contribution in [0.3, 0.4) is 0 Å². The number of benzene rings is 1. The molecule has 1 aromatic carbocycles. The molecule has 4 rings (SSSR count). The van der Waals surface area contributed by atoms with Crippen molar-refractivity contribution in [3.05, 3.63) is 73.2 Å². The van der Waals surface area contributed by atoms with Crippen LogP contribution in [-0.4, -0.2) is 32.7 Å². The highest BCUT2D eigenvalue weighted by molar-refractivity contribution is 5.91. The number of rotatable bonds is 9. The van der Waals surface area contributed by atoms with Crippen molar-refractivity contribution in [2.45, 2.75) is 19.8 Å². The lowest BCUT2D eigenvalue weighted by Gasteiger charge is -2.08. The van der Waals surface area contributed by atoms with Gasteiger partial charge in [-0.15, -0.1) is 6.58 Å². The van der Waals surface area contributed by atoms with Gasteiger partial charge in [0.2, 0.25) is 5.95 Å². The molecule has 0 amide bonds. The summed E-state index contributed by atoms with van der Waals surface area (Å²) in [6.45, 7) is 7.31. The van der Waals surface area contributed by atoms with Crippen molar-refractivity contribution < 1.29 is 4.39 Å². The molecule has 31 heavy (non-hydrogen) atoms. The van der Waals surface area contributed by atoms with Gasteiger partial charge in [0.15, 0.2) is 0 Å². The summed E-state index contributed by atoms with van der Waals surface area (Å²) in [6.07, 6.45) is 5.65. The van der Waals surface area contributed by atoms with E-state index in [1.807, 2.05) is 28.8 Å². The van der Waals surface area contributed by atoms with Crippen LogP contribution >= 0.6 is 0 Å². The fourth-order valence-electron chi connectivity index (χ4n) is 3.41. The minimum atomic E-state index is -0.283. The Hall–Kier alpha value is -3.74. The quantitative estimate of drug-likeness (QED) is 0.282. The lowest BCUT2D eigenvalue weighted by atomic mass is 10.0. The molecule has 0 bridgehead atoms. The second kappa shape index (κ2) is 9.38. The fraction of sp³-hybridized carbons (Fsp3) is 0.208. The molecule has 6 nitrogen and oxygen atoms in total. The van der Waals surface area contributed by atoms with E-state index >= 15 is 0 Å². The smallest absolute Gasteiger partial charge is 0.223 e. The molecule has 0 saturated heterocycles. The van der Waals surface area contributed by atoms with Gasteiger partial charge in [-0.2, -0.15) is 5.10 Å². The highest BCUT2D eigenvalue weighted by Gasteiger charge is 2.19. The van der Waals surface area contributed by atoms with Crippen molar-refractivity contribution in [3.8, 4) is 22.5 Å². The predicted molar refractivity (Wildman–Crippen MR) is 124 cm³/mol. The molecule has 0 radical (unpaired) electrons. The van der Waals surface area contributed by atoms with Crippen molar-refractivity contribution in [1.82, 2.24) is 19.6 Å². The summed E-state index contributed by atoms with van der Waals surface area (Å²) in [5.74, 6) is 1.13. The van der Waals surface area contributed by atoms with E-state index in [-0.39, 0.29) is 5.82 Å². The number of nitrogens with zero attached hydrogens (tertiary/aromatic N) is 4. The zero-order chi connectivity index (χ0) is 21.6. The molecular formula is C24H25FN6. The summed E-state index contributed by atoms with van der Waals surface area (Å²) in [5, 5.41) is 11.5. The first-order valence-electron chi connectivity index (χ1n) is 10.4. The third-order valence-electron chi connectivity index (χ3n) is 4.93. The number of aromatic nitrogens is 4. The van der Waals surface area contributed by atoms with Gasteiger partial charge in [0.25, 0.3) is 0 Å². The molecule has 0 aliphatic carbocycles. The second-order valence-electron chi connectivity index (χ2n) is 7.15. The zero-order valence-electron chi connectivity index (χ0n) is 17.5. The van der Waals surface area contributed by atoms with Gasteiger partial charge in [-0.25, -0.2) is 18.9 Å². The summed E-state index contributed by atoms with van der Waals surface area (Å²) in [5.41, 5.74) is 4.07. The molecule has 158 valence electrons. The SMILES string of the molecule is C=CCNc1nccc(-c2c(-c3ccc(F)cc3)nn3c(NCCCC)cccc23)n1. The van der Waals surface area contributed by atoms with E-state index in [1.165, 1.54) is 12.1 Å². The van der Waals surface area contributed by atoms with Gasteiger partial charge in [0.1, 0.15) is 17.3 Å². The van der Waals surface area contributed by atoms with Crippen LogP contribution in [0, 0.1) is 5.82 Å². The highest BCUT2D eigenvalue weighted by Crippen LogP contribution is 2.35. The van der Waals surface area contributed by atoms with Crippen LogP contribution in [0.15, 0.2) is 67.4 Å². The molecule has 0 aliphatic rings. The van der Waals surface area contributed by atoms with Crippen molar-refractivity contribution >= 4 is 17.3 Å². The monoisotopic (exact) mass is 416 g/mol. The average molecular weight is 417 g/mol. The second-order valence-corrected chi connectivity index (χ2v) is 7.15. The van der Waals surface area contributed by atoms with E-state index in [2.05, 4.69) is 29.1 Å². The largest absolute Gasteiger partial charge is 0.370 e. The van der Waals surface area contributed by atoms with Gasteiger partial charge in [-0.05, 0) is 48.9 Å². The Morgan fingerprint density at radius 1 is 1.10 bits per heavy atom. The average Bonchev–Trinajstić information content (AvgIpc) is 3.19. The Kier molecular flexibility index (Phi) is 6.21. The maximum absolute atomic E-state index is 13.6. The molecule has 3 heterocycles. The lowest BCUT2D eigenvalue weighted by Crippen LogP contribution is -2.06. The zero-order valence-corrected chi connectivity index (χ0v) is 17.5. The number of halogens is 1. The van der Waals surface area contributed by atoms with Crippen molar-refractivity contribution in [2.24, 2.45) is 0 Å². The van der Waals surface area contributed by atoms with E-state index in [9.17, 15) is 4.39 Å². The van der Waals surface area contributed by atoms with Crippen LogP contribution in [0.1, 0.15) is 19.8 Å². The fourth-order valence-corrected chi connectivity index (χ4v) is 3.41. The first kappa shape index (κ1) is 20.5. The van der Waals surface area contributed by atoms with E-state index in [1.54, 1.807) is 24.4 Å². The summed E-state index contributed by atoms with van der Waals surface area (Å²) < 4.78 is 15.5. The number of anilines is 2. The molecule has 2 N–H and O–H groups in total. The Morgan fingerprint density at radius 2 is 1.94 bits per heavy atom. The van der Waals surface area contributed by atoms with Gasteiger partial charge in [-0.1, -0.05) is 25.5 Å². The third-order valence-corrected chi connectivity index (χ3v) is 4.93. The lowest BCUT2D eigenvalue weighted by molar-refractivity contribution is 0.628. The van der Waals surface area contributed by atoms with Crippen LogP contribution in [0.5, 0.6) is 0 Å². The Bertz CT molecular complexity index is 1180. The van der Waals surface area contributed by atoms with E-state index in [4.69, 9.17) is 10.1 Å². The van der Waals surface area contributed by atoms with Gasteiger partial charge in [0, 0.05) is 24.8 Å². The first-order valence-corrected chi connectivity index (χ1v) is 10.4. The summed E-state index contributed by atoms with van der Waals surface area (Å²) >= 11 is 0. The number of hydrogen-bond donors (Lipinski definition) is 2.